The fourth-order valence-electron chi connectivity index (χ4n) is 1.29. The minimum absolute atomic E-state index is 0.174. The van der Waals surface area contributed by atoms with Gasteiger partial charge in [-0.2, -0.15) is 0 Å². The molecule has 2 rings (SSSR count). The second-order valence-corrected chi connectivity index (χ2v) is 2.98. The molecule has 0 aliphatic carbocycles. The Morgan fingerprint density at radius 1 is 1.40 bits per heavy atom. The van der Waals surface area contributed by atoms with Gasteiger partial charge in [-0.1, -0.05) is 0 Å². The first kappa shape index (κ1) is 9.51. The highest BCUT2D eigenvalue weighted by molar-refractivity contribution is 5.37. The molecule has 0 spiro atoms. The summed E-state index contributed by atoms with van der Waals surface area (Å²) in [5.74, 6) is -0.294. The average Bonchev–Trinajstić information content (AvgIpc) is 2.65. The van der Waals surface area contributed by atoms with Crippen LogP contribution in [0.1, 0.15) is 0 Å². The first-order chi connectivity index (χ1) is 7.20. The Morgan fingerprint density at radius 2 is 2.20 bits per heavy atom. The molecule has 15 heavy (non-hydrogen) atoms. The smallest absolute Gasteiger partial charge is 0.264 e. The van der Waals surface area contributed by atoms with Gasteiger partial charge in [-0.15, -0.1) is 0 Å². The normalized spacial score (nSPS) is 10.3. The number of rotatable bonds is 2. The summed E-state index contributed by atoms with van der Waals surface area (Å²) < 4.78 is 19.5. The molecular weight excluding hydrogens is 199 g/mol. The number of hydrogen-bond acceptors (Lipinski definition) is 2. The number of nitrogens with zero attached hydrogens (tertiary/aromatic N) is 1. The number of methoxy groups -OCH3 is 1. The topological polar surface area (TPSA) is 47.0 Å². The van der Waals surface area contributed by atoms with Gasteiger partial charge in [0.2, 0.25) is 0 Å². The summed E-state index contributed by atoms with van der Waals surface area (Å²) in [4.78, 5) is 10.9. The largest absolute Gasteiger partial charge is 0.494 e. The van der Waals surface area contributed by atoms with Crippen LogP contribution in [-0.4, -0.2) is 16.9 Å². The molecule has 0 fully saturated rings. The maximum absolute atomic E-state index is 13.3. The summed E-state index contributed by atoms with van der Waals surface area (Å²) in [7, 11) is 1.40. The Morgan fingerprint density at radius 3 is 2.73 bits per heavy atom. The predicted molar refractivity (Wildman–Crippen MR) is 52.9 cm³/mol. The molecule has 0 radical (unpaired) electrons. The zero-order valence-corrected chi connectivity index (χ0v) is 8.03. The van der Waals surface area contributed by atoms with Crippen molar-refractivity contribution in [3.8, 4) is 11.4 Å². The summed E-state index contributed by atoms with van der Waals surface area (Å²) in [6.07, 6.45) is 1.53. The van der Waals surface area contributed by atoms with Crippen LogP contribution < -0.4 is 10.3 Å². The third kappa shape index (κ3) is 1.76. The first-order valence-corrected chi connectivity index (χ1v) is 4.32. The van der Waals surface area contributed by atoms with E-state index in [1.165, 1.54) is 36.2 Å². The summed E-state index contributed by atoms with van der Waals surface area (Å²) in [6.45, 7) is 0. The lowest BCUT2D eigenvalue weighted by Crippen LogP contribution is -2.03. The molecule has 4 nitrogen and oxygen atoms in total. The van der Waals surface area contributed by atoms with Crippen molar-refractivity contribution in [3.05, 3.63) is 46.6 Å². The van der Waals surface area contributed by atoms with Crippen molar-refractivity contribution < 1.29 is 9.13 Å². The minimum atomic E-state index is -0.468. The summed E-state index contributed by atoms with van der Waals surface area (Å²) >= 11 is 0. The van der Waals surface area contributed by atoms with Gasteiger partial charge in [-0.25, -0.2) is 4.39 Å². The van der Waals surface area contributed by atoms with E-state index in [4.69, 9.17) is 4.74 Å². The van der Waals surface area contributed by atoms with Gasteiger partial charge in [0, 0.05) is 18.3 Å². The lowest BCUT2D eigenvalue weighted by atomic mass is 10.3. The van der Waals surface area contributed by atoms with Gasteiger partial charge in [-0.05, 0) is 12.1 Å². The molecule has 5 heteroatoms. The Hall–Kier alpha value is -2.04. The molecule has 0 aliphatic heterocycles. The van der Waals surface area contributed by atoms with Crippen LogP contribution in [0.2, 0.25) is 0 Å². The van der Waals surface area contributed by atoms with E-state index in [1.807, 2.05) is 0 Å². The second-order valence-electron chi connectivity index (χ2n) is 2.98. The molecule has 0 bridgehead atoms. The molecule has 0 amide bonds. The molecule has 0 aliphatic rings. The van der Waals surface area contributed by atoms with Crippen LogP contribution in [0.4, 0.5) is 4.39 Å². The molecular formula is C10H9FN2O2. The molecule has 1 N–H and O–H groups in total. The molecule has 0 saturated heterocycles. The lowest BCUT2D eigenvalue weighted by Gasteiger charge is -2.05. The zero-order chi connectivity index (χ0) is 10.8. The van der Waals surface area contributed by atoms with E-state index in [0.29, 0.717) is 5.69 Å². The van der Waals surface area contributed by atoms with Gasteiger partial charge in [0.1, 0.15) is 0 Å². The van der Waals surface area contributed by atoms with Crippen molar-refractivity contribution in [1.82, 2.24) is 9.78 Å². The number of nitrogens with one attached hydrogen (secondary N) is 1. The highest BCUT2D eigenvalue weighted by Crippen LogP contribution is 2.19. The van der Waals surface area contributed by atoms with Crippen molar-refractivity contribution in [2.45, 2.75) is 0 Å². The number of halogens is 1. The van der Waals surface area contributed by atoms with Crippen molar-refractivity contribution in [3.63, 3.8) is 0 Å². The quantitative estimate of drug-likeness (QED) is 0.808. The lowest BCUT2D eigenvalue weighted by molar-refractivity contribution is 0.386. The van der Waals surface area contributed by atoms with E-state index in [9.17, 15) is 9.18 Å². The SMILES string of the molecule is COc1ccc(-n2ccc(=O)[nH]2)cc1F. The van der Waals surface area contributed by atoms with Crippen molar-refractivity contribution in [1.29, 1.82) is 0 Å². The van der Waals surface area contributed by atoms with Crippen LogP contribution >= 0.6 is 0 Å². The van der Waals surface area contributed by atoms with Gasteiger partial charge in [0.15, 0.2) is 11.6 Å². The highest BCUT2D eigenvalue weighted by atomic mass is 19.1. The maximum atomic E-state index is 13.3. The number of hydrogen-bond donors (Lipinski definition) is 1. The molecule has 0 saturated carbocycles. The van der Waals surface area contributed by atoms with Gasteiger partial charge >= 0.3 is 0 Å². The Kier molecular flexibility index (Phi) is 2.29. The molecule has 0 atom stereocenters. The number of benzene rings is 1. The molecule has 1 aromatic heterocycles. The van der Waals surface area contributed by atoms with Crippen molar-refractivity contribution in [2.24, 2.45) is 0 Å². The molecule has 0 unspecified atom stereocenters. The van der Waals surface area contributed by atoms with E-state index >= 15 is 0 Å². The number of aromatic amines is 1. The van der Waals surface area contributed by atoms with E-state index in [-0.39, 0.29) is 11.3 Å². The van der Waals surface area contributed by atoms with E-state index < -0.39 is 5.82 Å². The van der Waals surface area contributed by atoms with Crippen LogP contribution in [0, 0.1) is 5.82 Å². The summed E-state index contributed by atoms with van der Waals surface area (Å²) in [5, 5.41) is 2.51. The van der Waals surface area contributed by atoms with Gasteiger partial charge in [0.25, 0.3) is 5.56 Å². The zero-order valence-electron chi connectivity index (χ0n) is 8.03. The van der Waals surface area contributed by atoms with Crippen molar-refractivity contribution >= 4 is 0 Å². The van der Waals surface area contributed by atoms with E-state index in [1.54, 1.807) is 6.07 Å². The fourth-order valence-corrected chi connectivity index (χ4v) is 1.29. The third-order valence-electron chi connectivity index (χ3n) is 2.02. The summed E-state index contributed by atoms with van der Waals surface area (Å²) in [5.41, 5.74) is 0.307. The molecule has 78 valence electrons. The number of ether oxygens (including phenoxy) is 1. The summed E-state index contributed by atoms with van der Waals surface area (Å²) in [6, 6.07) is 5.80. The monoisotopic (exact) mass is 208 g/mol. The van der Waals surface area contributed by atoms with Gasteiger partial charge < -0.3 is 4.74 Å². The third-order valence-corrected chi connectivity index (χ3v) is 2.02. The average molecular weight is 208 g/mol. The van der Waals surface area contributed by atoms with Crippen LogP contribution in [0.3, 0.4) is 0 Å². The van der Waals surface area contributed by atoms with Crippen LogP contribution in [0.15, 0.2) is 35.3 Å². The number of aromatic nitrogens is 2. The predicted octanol–water partition coefficient (Wildman–Crippen LogP) is 1.31. The van der Waals surface area contributed by atoms with Crippen molar-refractivity contribution in [2.75, 3.05) is 7.11 Å². The standard InChI is InChI=1S/C10H9FN2O2/c1-15-9-3-2-7(6-8(9)11)13-5-4-10(14)12-13/h2-6H,1H3,(H,12,14). The Balaban J connectivity index is 2.46. The second kappa shape index (κ2) is 3.61. The number of H-pyrrole nitrogens is 1. The maximum Gasteiger partial charge on any atom is 0.264 e. The first-order valence-electron chi connectivity index (χ1n) is 4.32. The minimum Gasteiger partial charge on any atom is -0.494 e. The van der Waals surface area contributed by atoms with E-state index in [0.717, 1.165) is 0 Å². The molecule has 1 aromatic carbocycles. The Labute approximate surface area is 84.9 Å². The van der Waals surface area contributed by atoms with Gasteiger partial charge in [0.05, 0.1) is 12.8 Å². The van der Waals surface area contributed by atoms with Crippen LogP contribution in [0.5, 0.6) is 5.75 Å². The van der Waals surface area contributed by atoms with Gasteiger partial charge in [-0.3, -0.25) is 14.6 Å². The van der Waals surface area contributed by atoms with E-state index in [2.05, 4.69) is 5.10 Å². The molecule has 2 aromatic rings. The highest BCUT2D eigenvalue weighted by Gasteiger charge is 2.04. The Bertz CT molecular complexity index is 530. The van der Waals surface area contributed by atoms with Crippen LogP contribution in [-0.2, 0) is 0 Å². The fraction of sp³-hybridized carbons (Fsp3) is 0.100. The molecule has 1 heterocycles. The van der Waals surface area contributed by atoms with Crippen LogP contribution in [0.25, 0.3) is 5.69 Å².